The van der Waals surface area contributed by atoms with Crippen molar-refractivity contribution in [3.05, 3.63) is 0 Å². The van der Waals surface area contributed by atoms with E-state index in [9.17, 15) is 24.6 Å². The van der Waals surface area contributed by atoms with Crippen LogP contribution in [0.25, 0.3) is 0 Å². The quantitative estimate of drug-likeness (QED) is 0.225. The molecule has 10 heteroatoms. The highest BCUT2D eigenvalue weighted by molar-refractivity contribution is 6.03. The molecule has 0 rings (SSSR count). The van der Waals surface area contributed by atoms with Crippen molar-refractivity contribution in [2.45, 2.75) is 50.4 Å². The number of hydrogen-bond acceptors (Lipinski definition) is 8. The number of carboxylic acids is 1. The van der Waals surface area contributed by atoms with Gasteiger partial charge in [-0.2, -0.15) is 0 Å². The van der Waals surface area contributed by atoms with Crippen LogP contribution in [0.4, 0.5) is 0 Å². The summed E-state index contributed by atoms with van der Waals surface area (Å²) in [6.45, 7) is 0.640. The van der Waals surface area contributed by atoms with Crippen molar-refractivity contribution in [3.8, 4) is 0 Å². The molecule has 0 aliphatic heterocycles. The van der Waals surface area contributed by atoms with Crippen molar-refractivity contribution in [2.75, 3.05) is 13.2 Å². The summed E-state index contributed by atoms with van der Waals surface area (Å²) >= 11 is 0. The van der Waals surface area contributed by atoms with E-state index in [2.05, 4.69) is 0 Å². The fourth-order valence-electron chi connectivity index (χ4n) is 1.86. The molecule has 134 valence electrons. The first-order chi connectivity index (χ1) is 10.7. The van der Waals surface area contributed by atoms with E-state index in [0.717, 1.165) is 0 Å². The minimum absolute atomic E-state index is 0.196. The molecule has 2 amide bonds. The third-order valence-electron chi connectivity index (χ3n) is 3.34. The highest BCUT2D eigenvalue weighted by Crippen LogP contribution is 2.10. The van der Waals surface area contributed by atoms with Gasteiger partial charge in [-0.25, -0.2) is 4.79 Å². The van der Waals surface area contributed by atoms with E-state index in [1.807, 2.05) is 0 Å². The maximum Gasteiger partial charge on any atom is 0.329 e. The van der Waals surface area contributed by atoms with Gasteiger partial charge in [0, 0.05) is 0 Å². The van der Waals surface area contributed by atoms with Crippen LogP contribution in [0.5, 0.6) is 0 Å². The van der Waals surface area contributed by atoms with E-state index < -0.39 is 48.6 Å². The van der Waals surface area contributed by atoms with Gasteiger partial charge in [0.2, 0.25) is 11.8 Å². The molecule has 0 radical (unpaired) electrons. The van der Waals surface area contributed by atoms with Crippen molar-refractivity contribution in [2.24, 2.45) is 17.2 Å². The molecule has 0 fully saturated rings. The second-order valence-corrected chi connectivity index (χ2v) is 5.24. The zero-order chi connectivity index (χ0) is 18.2. The maximum atomic E-state index is 12.3. The predicted octanol–water partition coefficient (Wildman–Crippen LogP) is -3.05. The van der Waals surface area contributed by atoms with E-state index in [0.29, 0.717) is 24.3 Å². The van der Waals surface area contributed by atoms with Crippen LogP contribution in [-0.4, -0.2) is 75.4 Å². The predicted molar refractivity (Wildman–Crippen MR) is 80.9 cm³/mol. The molecule has 23 heavy (non-hydrogen) atoms. The lowest BCUT2D eigenvalue weighted by Crippen LogP contribution is -2.61. The topological polar surface area (TPSA) is 193 Å². The number of carboxylic acid groups (broad SMARTS) is 1. The van der Waals surface area contributed by atoms with Crippen molar-refractivity contribution < 1.29 is 29.7 Å². The summed E-state index contributed by atoms with van der Waals surface area (Å²) < 4.78 is 0. The number of carbonyl (C=O) groups excluding carboxylic acids is 2. The summed E-state index contributed by atoms with van der Waals surface area (Å²) in [4.78, 5) is 36.1. The van der Waals surface area contributed by atoms with Gasteiger partial charge in [-0.3, -0.25) is 14.5 Å². The molecular weight excluding hydrogens is 308 g/mol. The fraction of sp³-hybridized carbons (Fsp3) is 0.769. The highest BCUT2D eigenvalue weighted by atomic mass is 16.4. The summed E-state index contributed by atoms with van der Waals surface area (Å²) in [5, 5.41) is 27.7. The normalized spacial score (nSPS) is 16.3. The molecule has 0 aromatic rings. The number of imide groups is 1. The molecule has 0 spiro atoms. The molecule has 0 saturated heterocycles. The average Bonchev–Trinajstić information content (AvgIpc) is 2.49. The Morgan fingerprint density at radius 2 is 1.70 bits per heavy atom. The molecule has 0 aromatic carbocycles. The Labute approximate surface area is 134 Å². The summed E-state index contributed by atoms with van der Waals surface area (Å²) in [6.07, 6.45) is 0.0240. The van der Waals surface area contributed by atoms with Crippen LogP contribution in [0.3, 0.4) is 0 Å². The SMILES string of the molecule is CC(O)C(N)C(=O)N(C(=O)C(N)CCCCN)C(CO)C(=O)O. The number of aliphatic carboxylic acids is 1. The lowest BCUT2D eigenvalue weighted by Gasteiger charge is -2.31. The number of nitrogens with two attached hydrogens (primary N) is 3. The molecule has 0 bridgehead atoms. The standard InChI is InChI=1S/C13H26N4O6/c1-7(19)10(16)12(21)17(9(6-18)13(22)23)11(20)8(15)4-2-3-5-14/h7-10,18-19H,2-6,14-16H2,1H3,(H,22,23). The zero-order valence-corrected chi connectivity index (χ0v) is 13.1. The second-order valence-electron chi connectivity index (χ2n) is 5.24. The van der Waals surface area contributed by atoms with Crippen molar-refractivity contribution >= 4 is 17.8 Å². The number of carbonyl (C=O) groups is 3. The Balaban J connectivity index is 5.37. The number of unbranched alkanes of at least 4 members (excludes halogenated alkanes) is 1. The highest BCUT2D eigenvalue weighted by Gasteiger charge is 2.39. The van der Waals surface area contributed by atoms with Crippen LogP contribution in [0, 0.1) is 0 Å². The van der Waals surface area contributed by atoms with Gasteiger partial charge in [-0.15, -0.1) is 0 Å². The number of hydrogen-bond donors (Lipinski definition) is 6. The molecule has 0 aliphatic carbocycles. The van der Waals surface area contributed by atoms with E-state index in [1.165, 1.54) is 6.92 Å². The third-order valence-corrected chi connectivity index (χ3v) is 3.34. The second kappa shape index (κ2) is 10.2. The molecule has 0 heterocycles. The van der Waals surface area contributed by atoms with Crippen molar-refractivity contribution in [1.29, 1.82) is 0 Å². The lowest BCUT2D eigenvalue weighted by molar-refractivity contribution is -0.161. The Hall–Kier alpha value is -1.59. The molecule has 0 aromatic heterocycles. The molecular formula is C13H26N4O6. The van der Waals surface area contributed by atoms with Gasteiger partial charge in [0.05, 0.1) is 18.8 Å². The number of amides is 2. The summed E-state index contributed by atoms with van der Waals surface area (Å²) in [5.41, 5.74) is 16.5. The fourth-order valence-corrected chi connectivity index (χ4v) is 1.86. The molecule has 9 N–H and O–H groups in total. The van der Waals surface area contributed by atoms with Crippen LogP contribution in [0.2, 0.25) is 0 Å². The van der Waals surface area contributed by atoms with E-state index in [4.69, 9.17) is 22.3 Å². The summed E-state index contributed by atoms with van der Waals surface area (Å²) in [7, 11) is 0. The van der Waals surface area contributed by atoms with Crippen LogP contribution >= 0.6 is 0 Å². The monoisotopic (exact) mass is 334 g/mol. The van der Waals surface area contributed by atoms with E-state index in [-0.39, 0.29) is 6.42 Å². The molecule has 4 atom stereocenters. The maximum absolute atomic E-state index is 12.3. The summed E-state index contributed by atoms with van der Waals surface area (Å²) in [5.74, 6) is -3.66. The van der Waals surface area contributed by atoms with Gasteiger partial charge in [0.25, 0.3) is 0 Å². The first-order valence-electron chi connectivity index (χ1n) is 7.28. The van der Waals surface area contributed by atoms with Crippen LogP contribution < -0.4 is 17.2 Å². The third kappa shape index (κ3) is 6.20. The van der Waals surface area contributed by atoms with E-state index >= 15 is 0 Å². The van der Waals surface area contributed by atoms with E-state index in [1.54, 1.807) is 0 Å². The van der Waals surface area contributed by atoms with Gasteiger partial charge < -0.3 is 32.5 Å². The number of rotatable bonds is 10. The number of aliphatic hydroxyl groups excluding tert-OH is 2. The van der Waals surface area contributed by atoms with Gasteiger partial charge in [-0.1, -0.05) is 6.42 Å². The Kier molecular flexibility index (Phi) is 9.53. The smallest absolute Gasteiger partial charge is 0.329 e. The minimum atomic E-state index is -1.82. The first-order valence-corrected chi connectivity index (χ1v) is 7.28. The van der Waals surface area contributed by atoms with Crippen LogP contribution in [0.15, 0.2) is 0 Å². The molecule has 0 aliphatic rings. The number of aliphatic hydroxyl groups is 2. The van der Waals surface area contributed by atoms with Crippen molar-refractivity contribution in [1.82, 2.24) is 4.90 Å². The largest absolute Gasteiger partial charge is 0.480 e. The lowest BCUT2D eigenvalue weighted by atomic mass is 10.1. The van der Waals surface area contributed by atoms with Gasteiger partial charge in [0.15, 0.2) is 6.04 Å². The zero-order valence-electron chi connectivity index (χ0n) is 13.1. The van der Waals surface area contributed by atoms with Gasteiger partial charge >= 0.3 is 5.97 Å². The number of nitrogens with zero attached hydrogens (tertiary/aromatic N) is 1. The Morgan fingerprint density at radius 1 is 1.13 bits per heavy atom. The molecule has 4 unspecified atom stereocenters. The van der Waals surface area contributed by atoms with Crippen LogP contribution in [0.1, 0.15) is 26.2 Å². The summed E-state index contributed by atoms with van der Waals surface area (Å²) in [6, 6.07) is -4.47. The Bertz CT molecular complexity index is 417. The van der Waals surface area contributed by atoms with Crippen LogP contribution in [-0.2, 0) is 14.4 Å². The molecule has 10 nitrogen and oxygen atoms in total. The molecule has 0 saturated carbocycles. The Morgan fingerprint density at radius 3 is 2.09 bits per heavy atom. The van der Waals surface area contributed by atoms with Gasteiger partial charge in [0.1, 0.15) is 6.04 Å². The van der Waals surface area contributed by atoms with Gasteiger partial charge in [-0.05, 0) is 26.3 Å². The average molecular weight is 334 g/mol. The van der Waals surface area contributed by atoms with Crippen molar-refractivity contribution in [3.63, 3.8) is 0 Å². The minimum Gasteiger partial charge on any atom is -0.480 e. The first kappa shape index (κ1) is 21.4.